The molecule has 2 aliphatic carbocycles. The fourth-order valence-corrected chi connectivity index (χ4v) is 10.0. The van der Waals surface area contributed by atoms with Gasteiger partial charge in [-0.1, -0.05) is 26.0 Å². The molecular weight excluding hydrogens is 803 g/mol. The van der Waals surface area contributed by atoms with Crippen molar-refractivity contribution < 1.29 is 32.3 Å². The molecule has 1 saturated heterocycles. The van der Waals surface area contributed by atoms with Gasteiger partial charge in [0.1, 0.15) is 23.7 Å². The number of pyridine rings is 1. The Morgan fingerprint density at radius 2 is 1.74 bits per heavy atom. The number of hydrogen-bond acceptors (Lipinski definition) is 12. The highest BCUT2D eigenvalue weighted by Crippen LogP contribution is 2.45. The number of alkyl carbamates (subject to hydrolysis) is 1. The molecular formula is C40H45N7O8S3. The third kappa shape index (κ3) is 8.22. The largest absolute Gasteiger partial charge is 0.446 e. The van der Waals surface area contributed by atoms with Crippen LogP contribution in [0, 0.1) is 18.8 Å². The van der Waals surface area contributed by atoms with Crippen LogP contribution in [0.25, 0.3) is 22.3 Å². The summed E-state index contributed by atoms with van der Waals surface area (Å²) in [5, 5.41) is 17.3. The number of hydrogen-bond donors (Lipinski definition) is 3. The molecule has 0 radical (unpaired) electrons. The molecule has 0 unspecified atom stereocenters. The van der Waals surface area contributed by atoms with E-state index in [9.17, 15) is 32.4 Å². The number of nitrogens with one attached hydrogen (secondary N) is 3. The van der Waals surface area contributed by atoms with Crippen LogP contribution >= 0.6 is 22.7 Å². The molecule has 306 valence electrons. The quantitative estimate of drug-likeness (QED) is 0.157. The number of carbonyl (C=O) groups is 4. The Morgan fingerprint density at radius 3 is 2.34 bits per heavy atom. The van der Waals surface area contributed by atoms with E-state index in [1.807, 2.05) is 33.7 Å². The van der Waals surface area contributed by atoms with E-state index in [-0.39, 0.29) is 30.5 Å². The van der Waals surface area contributed by atoms with E-state index in [2.05, 4.69) is 32.0 Å². The van der Waals surface area contributed by atoms with Crippen molar-refractivity contribution in [3.05, 3.63) is 86.8 Å². The van der Waals surface area contributed by atoms with Crippen LogP contribution in [-0.2, 0) is 29.1 Å². The molecule has 7 rings (SSSR count). The molecule has 3 aliphatic rings. The summed E-state index contributed by atoms with van der Waals surface area (Å²) >= 11 is 2.92. The van der Waals surface area contributed by atoms with Crippen molar-refractivity contribution in [1.82, 2.24) is 35.0 Å². The number of nitrogens with zero attached hydrogens (tertiary/aromatic N) is 4. The fraction of sp³-hybridized carbons (Fsp3) is 0.425. The maximum Gasteiger partial charge on any atom is 0.408 e. The van der Waals surface area contributed by atoms with Crippen molar-refractivity contribution in [3.8, 4) is 22.3 Å². The standard InChI is InChI=1S/C40H45N7O8S3/c1-5-27-17-40(27,38(51)45-58(53,54)32-11-10-24(4)18-41-32)44-35(48)31-16-28(20-46(31)37(50)34(23(2)3)43-39(52)55-29-8-6-7-9-29)47-36(49)33(26-13-15-57-22-26)30(19-42-47)25-12-14-56-21-25/h5,10-15,18-19,21-23,27-29,31,34H,1,6-9,16-17,20H2,2-4H3,(H,43,52)(H,44,48)(H,45,51)/t27-,28-,31+,34+,40-/m1/s1. The molecule has 5 heterocycles. The fourth-order valence-electron chi connectivity index (χ4n) is 7.76. The number of ether oxygens (including phenoxy) is 1. The van der Waals surface area contributed by atoms with Crippen LogP contribution in [0.4, 0.5) is 4.79 Å². The zero-order valence-electron chi connectivity index (χ0n) is 32.3. The smallest absolute Gasteiger partial charge is 0.408 e. The maximum absolute atomic E-state index is 14.6. The van der Waals surface area contributed by atoms with Gasteiger partial charge in [0.05, 0.1) is 17.8 Å². The third-order valence-corrected chi connectivity index (χ3v) is 13.7. The van der Waals surface area contributed by atoms with Gasteiger partial charge < -0.3 is 20.3 Å². The molecule has 0 bridgehead atoms. The van der Waals surface area contributed by atoms with Crippen LogP contribution in [0.5, 0.6) is 0 Å². The topological polar surface area (TPSA) is 199 Å². The zero-order valence-corrected chi connectivity index (χ0v) is 34.7. The van der Waals surface area contributed by atoms with E-state index in [0.717, 1.165) is 36.8 Å². The Hall–Kier alpha value is -5.20. The highest BCUT2D eigenvalue weighted by molar-refractivity contribution is 7.90. The molecule has 15 nitrogen and oxygen atoms in total. The van der Waals surface area contributed by atoms with Gasteiger partial charge in [0, 0.05) is 30.6 Å². The number of sulfonamides is 1. The molecule has 1 aliphatic heterocycles. The van der Waals surface area contributed by atoms with Crippen LogP contribution in [0.2, 0.25) is 0 Å². The zero-order chi connectivity index (χ0) is 41.4. The van der Waals surface area contributed by atoms with Crippen molar-refractivity contribution in [2.24, 2.45) is 11.8 Å². The Bertz CT molecular complexity index is 2360. The first kappa shape index (κ1) is 41.0. The van der Waals surface area contributed by atoms with Crippen molar-refractivity contribution in [2.45, 2.75) is 94.1 Å². The molecule has 3 fully saturated rings. The highest BCUT2D eigenvalue weighted by atomic mass is 32.2. The summed E-state index contributed by atoms with van der Waals surface area (Å²) in [4.78, 5) is 75.7. The minimum atomic E-state index is -4.42. The molecule has 2 saturated carbocycles. The minimum Gasteiger partial charge on any atom is -0.446 e. The lowest BCUT2D eigenvalue weighted by molar-refractivity contribution is -0.141. The monoisotopic (exact) mass is 847 g/mol. The van der Waals surface area contributed by atoms with Crippen LogP contribution in [0.1, 0.15) is 64.0 Å². The second-order valence-electron chi connectivity index (χ2n) is 15.4. The van der Waals surface area contributed by atoms with E-state index in [1.165, 1.54) is 50.6 Å². The molecule has 4 aromatic rings. The molecule has 4 aromatic heterocycles. The summed E-state index contributed by atoms with van der Waals surface area (Å²) in [6, 6.07) is 3.39. The highest BCUT2D eigenvalue weighted by Gasteiger charge is 2.61. The normalized spacial score (nSPS) is 22.3. The van der Waals surface area contributed by atoms with Gasteiger partial charge in [0.25, 0.3) is 21.5 Å². The molecule has 4 amide bonds. The van der Waals surface area contributed by atoms with Crippen molar-refractivity contribution in [2.75, 3.05) is 6.54 Å². The van der Waals surface area contributed by atoms with Gasteiger partial charge in [0.2, 0.25) is 11.8 Å². The minimum absolute atomic E-state index is 0.0489. The van der Waals surface area contributed by atoms with E-state index in [1.54, 1.807) is 33.0 Å². The SMILES string of the molecule is C=C[C@@H]1C[C@]1(NC(=O)[C@@H]1C[C@@H](n2ncc(-c3ccsc3)c(-c3ccsc3)c2=O)CN1C(=O)[C@@H](NC(=O)OC1CCCC1)C(C)C)C(=O)NS(=O)(=O)c1ccc(C)cn1. The number of amides is 4. The Balaban J connectivity index is 1.21. The second-order valence-corrected chi connectivity index (χ2v) is 18.6. The van der Waals surface area contributed by atoms with E-state index in [0.29, 0.717) is 16.7 Å². The van der Waals surface area contributed by atoms with Gasteiger partial charge in [0.15, 0.2) is 5.03 Å². The number of thiophene rings is 2. The summed E-state index contributed by atoms with van der Waals surface area (Å²) in [6.07, 6.45) is 6.72. The molecule has 0 spiro atoms. The van der Waals surface area contributed by atoms with Crippen molar-refractivity contribution in [3.63, 3.8) is 0 Å². The number of carbonyl (C=O) groups excluding carboxylic acids is 4. The molecule has 18 heteroatoms. The van der Waals surface area contributed by atoms with Gasteiger partial charge in [-0.25, -0.2) is 19.2 Å². The molecule has 0 aromatic carbocycles. The Kier molecular flexibility index (Phi) is 11.7. The summed E-state index contributed by atoms with van der Waals surface area (Å²) < 4.78 is 35.4. The third-order valence-electron chi connectivity index (χ3n) is 11.1. The predicted octanol–water partition coefficient (Wildman–Crippen LogP) is 4.81. The van der Waals surface area contributed by atoms with E-state index >= 15 is 0 Å². The number of rotatable bonds is 13. The van der Waals surface area contributed by atoms with E-state index < -0.39 is 74.9 Å². The lowest BCUT2D eigenvalue weighted by Crippen LogP contribution is -2.59. The lowest BCUT2D eigenvalue weighted by atomic mass is 10.0. The van der Waals surface area contributed by atoms with Crippen molar-refractivity contribution >= 4 is 56.5 Å². The average Bonchev–Trinajstić information content (AvgIpc) is 3.87. The van der Waals surface area contributed by atoms with Gasteiger partial charge in [-0.05, 0) is 101 Å². The second kappa shape index (κ2) is 16.6. The summed E-state index contributed by atoms with van der Waals surface area (Å²) in [7, 11) is -4.42. The Labute approximate surface area is 343 Å². The number of likely N-dealkylation sites (tertiary alicyclic amines) is 1. The average molecular weight is 848 g/mol. The van der Waals surface area contributed by atoms with Crippen LogP contribution in [0.15, 0.2) is 80.7 Å². The number of aryl methyl sites for hydroxylation is 1. The van der Waals surface area contributed by atoms with Gasteiger partial charge in [-0.2, -0.15) is 36.2 Å². The summed E-state index contributed by atoms with van der Waals surface area (Å²) in [6.45, 7) is 8.90. The van der Waals surface area contributed by atoms with Crippen LogP contribution in [-0.4, -0.2) is 82.2 Å². The summed E-state index contributed by atoms with van der Waals surface area (Å²) in [5.41, 5.74) is 1.18. The van der Waals surface area contributed by atoms with E-state index in [4.69, 9.17) is 4.74 Å². The first-order valence-corrected chi connectivity index (χ1v) is 22.5. The lowest BCUT2D eigenvalue weighted by Gasteiger charge is -2.31. The van der Waals surface area contributed by atoms with Gasteiger partial charge >= 0.3 is 6.09 Å². The number of aromatic nitrogens is 3. The predicted molar refractivity (Wildman–Crippen MR) is 218 cm³/mol. The first-order valence-electron chi connectivity index (χ1n) is 19.1. The van der Waals surface area contributed by atoms with Crippen LogP contribution in [0.3, 0.4) is 0 Å². The summed E-state index contributed by atoms with van der Waals surface area (Å²) in [5.74, 6) is -3.40. The Morgan fingerprint density at radius 1 is 1.03 bits per heavy atom. The van der Waals surface area contributed by atoms with Gasteiger partial charge in [-0.15, -0.1) is 6.58 Å². The maximum atomic E-state index is 14.6. The first-order chi connectivity index (χ1) is 27.7. The van der Waals surface area contributed by atoms with Crippen LogP contribution < -0.4 is 20.9 Å². The van der Waals surface area contributed by atoms with Gasteiger partial charge in [-0.3, -0.25) is 19.2 Å². The molecule has 58 heavy (non-hydrogen) atoms. The molecule has 3 N–H and O–H groups in total. The molecule has 5 atom stereocenters. The van der Waals surface area contributed by atoms with Crippen molar-refractivity contribution in [1.29, 1.82) is 0 Å².